The summed E-state index contributed by atoms with van der Waals surface area (Å²) in [5.41, 5.74) is 3.38. The topological polar surface area (TPSA) is 19.4 Å². The molecule has 0 unspecified atom stereocenters. The second-order valence-electron chi connectivity index (χ2n) is 5.01. The lowest BCUT2D eigenvalue weighted by Gasteiger charge is -2.37. The second kappa shape index (κ2) is 6.13. The number of nitrogens with zero attached hydrogens (tertiary/aromatic N) is 3. The summed E-state index contributed by atoms with van der Waals surface area (Å²) in [7, 11) is 0. The van der Waals surface area contributed by atoms with Gasteiger partial charge in [-0.15, -0.1) is 11.3 Å². The molecule has 0 amide bonds. The van der Waals surface area contributed by atoms with Crippen LogP contribution >= 0.6 is 22.7 Å². The van der Waals surface area contributed by atoms with Crippen molar-refractivity contribution in [1.29, 1.82) is 0 Å². The first-order chi connectivity index (χ1) is 9.33. The van der Waals surface area contributed by atoms with Crippen molar-refractivity contribution in [3.63, 3.8) is 0 Å². The van der Waals surface area contributed by atoms with Gasteiger partial charge >= 0.3 is 0 Å². The minimum Gasteiger partial charge on any atom is -0.296 e. The molecule has 0 saturated carbocycles. The molecule has 1 saturated heterocycles. The van der Waals surface area contributed by atoms with Gasteiger partial charge in [0, 0.05) is 49.8 Å². The zero-order valence-electron chi connectivity index (χ0n) is 11.2. The van der Waals surface area contributed by atoms with Gasteiger partial charge in [-0.3, -0.25) is 14.8 Å². The van der Waals surface area contributed by atoms with Crippen LogP contribution < -0.4 is 0 Å². The van der Waals surface area contributed by atoms with Crippen molar-refractivity contribution in [3.8, 4) is 0 Å². The predicted molar refractivity (Wildman–Crippen MR) is 81.7 cm³/mol. The van der Waals surface area contributed by atoms with E-state index in [0.29, 0.717) is 6.04 Å². The average Bonchev–Trinajstić information content (AvgIpc) is 3.12. The molecular formula is C14H19N3S2. The highest BCUT2D eigenvalue weighted by molar-refractivity contribution is 7.09. The highest BCUT2D eigenvalue weighted by Gasteiger charge is 2.22. The van der Waals surface area contributed by atoms with Crippen LogP contribution in [0.3, 0.4) is 0 Å². The highest BCUT2D eigenvalue weighted by Crippen LogP contribution is 2.24. The Morgan fingerprint density at radius 1 is 1.32 bits per heavy atom. The number of thiazole rings is 1. The molecule has 1 aliphatic rings. The van der Waals surface area contributed by atoms with Gasteiger partial charge < -0.3 is 0 Å². The highest BCUT2D eigenvalue weighted by atomic mass is 32.1. The summed E-state index contributed by atoms with van der Waals surface area (Å²) < 4.78 is 0. The number of aromatic nitrogens is 1. The molecule has 0 radical (unpaired) electrons. The van der Waals surface area contributed by atoms with E-state index >= 15 is 0 Å². The van der Waals surface area contributed by atoms with Crippen LogP contribution in [-0.4, -0.2) is 41.0 Å². The van der Waals surface area contributed by atoms with Gasteiger partial charge in [0.25, 0.3) is 0 Å². The van der Waals surface area contributed by atoms with E-state index in [1.54, 1.807) is 22.7 Å². The van der Waals surface area contributed by atoms with Crippen LogP contribution in [0, 0.1) is 0 Å². The number of rotatable bonds is 4. The van der Waals surface area contributed by atoms with Gasteiger partial charge in [-0.25, -0.2) is 0 Å². The Labute approximate surface area is 122 Å². The summed E-state index contributed by atoms with van der Waals surface area (Å²) in [5, 5.41) is 4.44. The molecule has 19 heavy (non-hydrogen) atoms. The minimum atomic E-state index is 0.553. The SMILES string of the molecule is C[C@@H](c1ccsc1)N1CCN(Cc2cncs2)CC1. The van der Waals surface area contributed by atoms with Gasteiger partial charge in [0.1, 0.15) is 0 Å². The Kier molecular flexibility index (Phi) is 4.28. The van der Waals surface area contributed by atoms with Crippen LogP contribution in [0.25, 0.3) is 0 Å². The van der Waals surface area contributed by atoms with Crippen LogP contribution in [0.4, 0.5) is 0 Å². The van der Waals surface area contributed by atoms with E-state index < -0.39 is 0 Å². The maximum absolute atomic E-state index is 4.15. The van der Waals surface area contributed by atoms with Gasteiger partial charge in [0.15, 0.2) is 0 Å². The third-order valence-corrected chi connectivity index (χ3v) is 5.31. The lowest BCUT2D eigenvalue weighted by molar-refractivity contribution is 0.0986. The smallest absolute Gasteiger partial charge is 0.0794 e. The fraction of sp³-hybridized carbons (Fsp3) is 0.500. The quantitative estimate of drug-likeness (QED) is 0.863. The zero-order valence-corrected chi connectivity index (χ0v) is 12.8. The molecule has 0 bridgehead atoms. The molecule has 3 heterocycles. The van der Waals surface area contributed by atoms with Crippen LogP contribution in [0.1, 0.15) is 23.4 Å². The molecule has 3 rings (SSSR count). The molecule has 0 N–H and O–H groups in total. The molecular weight excluding hydrogens is 274 g/mol. The number of thiophene rings is 1. The van der Waals surface area contributed by atoms with Crippen LogP contribution in [0.15, 0.2) is 28.5 Å². The van der Waals surface area contributed by atoms with Gasteiger partial charge in [-0.1, -0.05) is 0 Å². The Morgan fingerprint density at radius 3 is 2.79 bits per heavy atom. The first-order valence-electron chi connectivity index (χ1n) is 6.69. The van der Waals surface area contributed by atoms with E-state index in [0.717, 1.165) is 32.7 Å². The number of piperazine rings is 1. The summed E-state index contributed by atoms with van der Waals surface area (Å²) >= 11 is 3.55. The molecule has 0 aromatic carbocycles. The van der Waals surface area contributed by atoms with Crippen molar-refractivity contribution in [2.75, 3.05) is 26.2 Å². The average molecular weight is 293 g/mol. The van der Waals surface area contributed by atoms with Crippen LogP contribution in [-0.2, 0) is 6.54 Å². The summed E-state index contributed by atoms with van der Waals surface area (Å²) in [5.74, 6) is 0. The Hall–Kier alpha value is -0.750. The van der Waals surface area contributed by atoms with E-state index in [2.05, 4.69) is 38.5 Å². The summed E-state index contributed by atoms with van der Waals surface area (Å²) in [6, 6.07) is 2.80. The van der Waals surface area contributed by atoms with Gasteiger partial charge in [-0.2, -0.15) is 11.3 Å². The third-order valence-electron chi connectivity index (χ3n) is 3.84. The number of hydrogen-bond donors (Lipinski definition) is 0. The zero-order chi connectivity index (χ0) is 13.1. The van der Waals surface area contributed by atoms with E-state index in [1.165, 1.54) is 10.4 Å². The van der Waals surface area contributed by atoms with Gasteiger partial charge in [0.05, 0.1) is 5.51 Å². The first kappa shape index (κ1) is 13.2. The van der Waals surface area contributed by atoms with Crippen molar-refractivity contribution >= 4 is 22.7 Å². The second-order valence-corrected chi connectivity index (χ2v) is 6.76. The van der Waals surface area contributed by atoms with Gasteiger partial charge in [0.2, 0.25) is 0 Å². The van der Waals surface area contributed by atoms with Crippen molar-refractivity contribution in [2.45, 2.75) is 19.5 Å². The molecule has 102 valence electrons. The Bertz CT molecular complexity index is 473. The Balaban J connectivity index is 1.52. The summed E-state index contributed by atoms with van der Waals surface area (Å²) in [4.78, 5) is 10.6. The van der Waals surface area contributed by atoms with Crippen molar-refractivity contribution in [1.82, 2.24) is 14.8 Å². The number of hydrogen-bond acceptors (Lipinski definition) is 5. The minimum absolute atomic E-state index is 0.553. The first-order valence-corrected chi connectivity index (χ1v) is 8.51. The van der Waals surface area contributed by atoms with E-state index in [4.69, 9.17) is 0 Å². The summed E-state index contributed by atoms with van der Waals surface area (Å²) in [6.07, 6.45) is 1.99. The largest absolute Gasteiger partial charge is 0.296 e. The molecule has 5 heteroatoms. The molecule has 1 atom stereocenters. The molecule has 2 aromatic heterocycles. The maximum Gasteiger partial charge on any atom is 0.0794 e. The molecule has 2 aromatic rings. The molecule has 3 nitrogen and oxygen atoms in total. The lowest BCUT2D eigenvalue weighted by atomic mass is 10.1. The molecule has 1 fully saturated rings. The fourth-order valence-corrected chi connectivity index (χ4v) is 3.96. The van der Waals surface area contributed by atoms with Crippen molar-refractivity contribution < 1.29 is 0 Å². The predicted octanol–water partition coefficient (Wildman–Crippen LogP) is 3.08. The monoisotopic (exact) mass is 293 g/mol. The van der Waals surface area contributed by atoms with Crippen molar-refractivity contribution in [2.24, 2.45) is 0 Å². The normalized spacial score (nSPS) is 19.6. The molecule has 1 aliphatic heterocycles. The standard InChI is InChI=1S/C14H19N3S2/c1-12(13-2-7-18-10-13)17-5-3-16(4-6-17)9-14-8-15-11-19-14/h2,7-8,10-12H,3-6,9H2,1H3/t12-/m0/s1. The molecule has 0 spiro atoms. The van der Waals surface area contributed by atoms with E-state index in [9.17, 15) is 0 Å². The van der Waals surface area contributed by atoms with Gasteiger partial charge in [-0.05, 0) is 29.3 Å². The summed E-state index contributed by atoms with van der Waals surface area (Å²) in [6.45, 7) is 8.02. The molecule has 0 aliphatic carbocycles. The Morgan fingerprint density at radius 2 is 2.16 bits per heavy atom. The van der Waals surface area contributed by atoms with Crippen LogP contribution in [0.5, 0.6) is 0 Å². The van der Waals surface area contributed by atoms with E-state index in [-0.39, 0.29) is 0 Å². The lowest BCUT2D eigenvalue weighted by Crippen LogP contribution is -2.46. The fourth-order valence-electron chi connectivity index (χ4n) is 2.57. The van der Waals surface area contributed by atoms with Crippen LogP contribution in [0.2, 0.25) is 0 Å². The third kappa shape index (κ3) is 3.23. The van der Waals surface area contributed by atoms with E-state index in [1.807, 2.05) is 11.7 Å². The van der Waals surface area contributed by atoms with Crippen molar-refractivity contribution in [3.05, 3.63) is 39.0 Å². The maximum atomic E-state index is 4.15.